The first-order valence-electron chi connectivity index (χ1n) is 3.66. The van der Waals surface area contributed by atoms with Crippen LogP contribution in [-0.4, -0.2) is 16.8 Å². The smallest absolute Gasteiger partial charge is 0.153 e. The predicted molar refractivity (Wildman–Crippen MR) is 45.8 cm³/mol. The van der Waals surface area contributed by atoms with Crippen molar-refractivity contribution >= 4 is 24.2 Å². The molecule has 1 fully saturated rings. The van der Waals surface area contributed by atoms with E-state index in [0.717, 1.165) is 0 Å². The molecule has 0 N–H and O–H groups in total. The summed E-state index contributed by atoms with van der Waals surface area (Å²) < 4.78 is 0. The van der Waals surface area contributed by atoms with Gasteiger partial charge in [0, 0.05) is 12.8 Å². The molecule has 0 saturated heterocycles. The van der Waals surface area contributed by atoms with Crippen molar-refractivity contribution in [1.29, 1.82) is 0 Å². The van der Waals surface area contributed by atoms with Gasteiger partial charge in [0.2, 0.25) is 0 Å². The molecule has 0 radical (unpaired) electrons. The Morgan fingerprint density at radius 2 is 1.64 bits per heavy atom. The number of ketones is 2. The molecule has 11 heavy (non-hydrogen) atoms. The molecule has 0 amide bonds. The minimum atomic E-state index is -0.650. The first-order valence-corrected chi connectivity index (χ1v) is 4.17. The van der Waals surface area contributed by atoms with Crippen molar-refractivity contribution in [3.8, 4) is 0 Å². The normalized spacial score (nSPS) is 25.7. The van der Waals surface area contributed by atoms with E-state index in [-0.39, 0.29) is 17.0 Å². The highest BCUT2D eigenvalue weighted by Crippen LogP contribution is 2.32. The summed E-state index contributed by atoms with van der Waals surface area (Å²) in [5.41, 5.74) is -0.145. The summed E-state index contributed by atoms with van der Waals surface area (Å²) in [5, 5.41) is -0.650. The SMILES string of the molecule is CC1(C)CC(=O)C(S)C(=O)C1. The number of thiol groups is 1. The van der Waals surface area contributed by atoms with E-state index in [0.29, 0.717) is 12.8 Å². The molecule has 0 aromatic carbocycles. The Balaban J connectivity index is 2.78. The lowest BCUT2D eigenvalue weighted by Gasteiger charge is -2.29. The fourth-order valence-electron chi connectivity index (χ4n) is 1.38. The lowest BCUT2D eigenvalue weighted by atomic mass is 9.76. The second kappa shape index (κ2) is 2.63. The van der Waals surface area contributed by atoms with Gasteiger partial charge in [-0.3, -0.25) is 9.59 Å². The predicted octanol–water partition coefficient (Wildman–Crippen LogP) is 1.24. The molecule has 0 aromatic heterocycles. The number of hydrogen-bond acceptors (Lipinski definition) is 3. The Morgan fingerprint density at radius 3 is 2.00 bits per heavy atom. The standard InChI is InChI=1S/C8H12O2S/c1-8(2)3-5(9)7(11)6(10)4-8/h7,11H,3-4H2,1-2H3. The summed E-state index contributed by atoms with van der Waals surface area (Å²) in [7, 11) is 0. The van der Waals surface area contributed by atoms with Crippen LogP contribution in [0.1, 0.15) is 26.7 Å². The lowest BCUT2D eigenvalue weighted by Crippen LogP contribution is -2.38. The average Bonchev–Trinajstić information content (AvgIpc) is 1.81. The van der Waals surface area contributed by atoms with Crippen molar-refractivity contribution in [3.05, 3.63) is 0 Å². The van der Waals surface area contributed by atoms with E-state index in [4.69, 9.17) is 0 Å². The van der Waals surface area contributed by atoms with E-state index < -0.39 is 5.25 Å². The first-order chi connectivity index (χ1) is 4.92. The molecule has 0 heterocycles. The van der Waals surface area contributed by atoms with Gasteiger partial charge < -0.3 is 0 Å². The largest absolute Gasteiger partial charge is 0.298 e. The Bertz CT molecular complexity index is 188. The maximum Gasteiger partial charge on any atom is 0.153 e. The van der Waals surface area contributed by atoms with E-state index in [2.05, 4.69) is 12.6 Å². The molecular formula is C8H12O2S. The molecule has 0 spiro atoms. The zero-order valence-electron chi connectivity index (χ0n) is 6.76. The molecule has 0 aliphatic heterocycles. The second-order valence-electron chi connectivity index (χ2n) is 3.85. The van der Waals surface area contributed by atoms with E-state index in [9.17, 15) is 9.59 Å². The minimum Gasteiger partial charge on any atom is -0.298 e. The third-order valence-corrected chi connectivity index (χ3v) is 2.49. The molecule has 1 saturated carbocycles. The van der Waals surface area contributed by atoms with Crippen LogP contribution in [0.2, 0.25) is 0 Å². The van der Waals surface area contributed by atoms with Crippen molar-refractivity contribution in [2.24, 2.45) is 5.41 Å². The highest BCUT2D eigenvalue weighted by Gasteiger charge is 2.37. The molecule has 1 aliphatic rings. The summed E-state index contributed by atoms with van der Waals surface area (Å²) in [4.78, 5) is 22.2. The fraction of sp³-hybridized carbons (Fsp3) is 0.750. The zero-order valence-corrected chi connectivity index (χ0v) is 7.65. The Kier molecular flexibility index (Phi) is 2.10. The molecule has 0 atom stereocenters. The van der Waals surface area contributed by atoms with Gasteiger partial charge in [-0.2, -0.15) is 12.6 Å². The molecule has 0 bridgehead atoms. The zero-order chi connectivity index (χ0) is 8.65. The Labute approximate surface area is 71.8 Å². The number of carbonyl (C=O) groups is 2. The van der Waals surface area contributed by atoms with Gasteiger partial charge >= 0.3 is 0 Å². The van der Waals surface area contributed by atoms with Crippen LogP contribution in [0, 0.1) is 5.41 Å². The quantitative estimate of drug-likeness (QED) is 0.440. The third kappa shape index (κ3) is 1.83. The molecule has 0 unspecified atom stereocenters. The maximum absolute atomic E-state index is 11.1. The van der Waals surface area contributed by atoms with Gasteiger partial charge in [-0.05, 0) is 5.41 Å². The van der Waals surface area contributed by atoms with Gasteiger partial charge in [0.15, 0.2) is 11.6 Å². The van der Waals surface area contributed by atoms with Gasteiger partial charge in [0.05, 0.1) is 0 Å². The van der Waals surface area contributed by atoms with Crippen LogP contribution in [0.25, 0.3) is 0 Å². The summed E-state index contributed by atoms with van der Waals surface area (Å²) in [5.74, 6) is -0.0656. The van der Waals surface area contributed by atoms with Gasteiger partial charge in [0.25, 0.3) is 0 Å². The topological polar surface area (TPSA) is 34.1 Å². The van der Waals surface area contributed by atoms with Crippen LogP contribution >= 0.6 is 12.6 Å². The lowest BCUT2D eigenvalue weighted by molar-refractivity contribution is -0.132. The molecule has 2 nitrogen and oxygen atoms in total. The number of rotatable bonds is 0. The van der Waals surface area contributed by atoms with Crippen LogP contribution < -0.4 is 0 Å². The fourth-order valence-corrected chi connectivity index (χ4v) is 1.56. The number of carbonyl (C=O) groups excluding carboxylic acids is 2. The highest BCUT2D eigenvalue weighted by atomic mass is 32.1. The number of hydrogen-bond donors (Lipinski definition) is 1. The van der Waals surface area contributed by atoms with Gasteiger partial charge in [0.1, 0.15) is 5.25 Å². The first kappa shape index (κ1) is 8.78. The van der Waals surface area contributed by atoms with Crippen LogP contribution in [0.15, 0.2) is 0 Å². The average molecular weight is 172 g/mol. The van der Waals surface area contributed by atoms with Crippen molar-refractivity contribution in [3.63, 3.8) is 0 Å². The summed E-state index contributed by atoms with van der Waals surface area (Å²) in [6.45, 7) is 3.87. The molecule has 1 rings (SSSR count). The third-order valence-electron chi connectivity index (χ3n) is 1.92. The highest BCUT2D eigenvalue weighted by molar-refractivity contribution is 7.82. The molecule has 1 aliphatic carbocycles. The molecule has 3 heteroatoms. The van der Waals surface area contributed by atoms with Gasteiger partial charge in [-0.1, -0.05) is 13.8 Å². The van der Waals surface area contributed by atoms with Crippen molar-refractivity contribution in [2.75, 3.05) is 0 Å². The van der Waals surface area contributed by atoms with Crippen LogP contribution in [-0.2, 0) is 9.59 Å². The van der Waals surface area contributed by atoms with Crippen LogP contribution in [0.4, 0.5) is 0 Å². The molecule has 62 valence electrons. The van der Waals surface area contributed by atoms with E-state index in [1.807, 2.05) is 13.8 Å². The number of Topliss-reactive ketones (excluding diaryl/α,β-unsaturated/α-hetero) is 2. The summed E-state index contributed by atoms with van der Waals surface area (Å²) in [6.07, 6.45) is 0.958. The Hall–Kier alpha value is -0.310. The summed E-state index contributed by atoms with van der Waals surface area (Å²) in [6, 6.07) is 0. The van der Waals surface area contributed by atoms with Crippen molar-refractivity contribution < 1.29 is 9.59 Å². The molecule has 0 aromatic rings. The molecular weight excluding hydrogens is 160 g/mol. The van der Waals surface area contributed by atoms with E-state index in [1.54, 1.807) is 0 Å². The Morgan fingerprint density at radius 1 is 1.27 bits per heavy atom. The van der Waals surface area contributed by atoms with Crippen LogP contribution in [0.3, 0.4) is 0 Å². The van der Waals surface area contributed by atoms with E-state index in [1.165, 1.54) is 0 Å². The monoisotopic (exact) mass is 172 g/mol. The van der Waals surface area contributed by atoms with Crippen molar-refractivity contribution in [1.82, 2.24) is 0 Å². The second-order valence-corrected chi connectivity index (χ2v) is 4.37. The van der Waals surface area contributed by atoms with Gasteiger partial charge in [-0.15, -0.1) is 0 Å². The summed E-state index contributed by atoms with van der Waals surface area (Å²) >= 11 is 3.93. The van der Waals surface area contributed by atoms with Gasteiger partial charge in [-0.25, -0.2) is 0 Å². The minimum absolute atomic E-state index is 0.0328. The van der Waals surface area contributed by atoms with Crippen LogP contribution in [0.5, 0.6) is 0 Å². The maximum atomic E-state index is 11.1. The van der Waals surface area contributed by atoms with E-state index >= 15 is 0 Å². The van der Waals surface area contributed by atoms with Crippen molar-refractivity contribution in [2.45, 2.75) is 31.9 Å².